The van der Waals surface area contributed by atoms with E-state index in [0.29, 0.717) is 0 Å². The summed E-state index contributed by atoms with van der Waals surface area (Å²) in [6.07, 6.45) is -6.18. The molecular weight excluding hydrogens is 264 g/mol. The monoisotopic (exact) mass is 284 g/mol. The fourth-order valence-electron chi connectivity index (χ4n) is 2.07. The lowest BCUT2D eigenvalue weighted by Gasteiger charge is -2.39. The van der Waals surface area contributed by atoms with Crippen molar-refractivity contribution in [1.29, 1.82) is 0 Å². The van der Waals surface area contributed by atoms with E-state index >= 15 is 0 Å². The fraction of sp³-hybridized carbons (Fsp3) is 0.571. The highest BCUT2D eigenvalue weighted by Gasteiger charge is 2.43. The highest BCUT2D eigenvalue weighted by molar-refractivity contribution is 5.20. The zero-order chi connectivity index (χ0) is 14.7. The first kappa shape index (κ1) is 15.4. The summed E-state index contributed by atoms with van der Waals surface area (Å²) in [5, 5.41) is 38.1. The Morgan fingerprint density at radius 1 is 1.05 bits per heavy atom. The highest BCUT2D eigenvalue weighted by Crippen LogP contribution is 2.22. The van der Waals surface area contributed by atoms with Gasteiger partial charge < -0.3 is 29.9 Å². The van der Waals surface area contributed by atoms with Crippen LogP contribution in [0.3, 0.4) is 0 Å². The topological polar surface area (TPSA) is 99.4 Å². The third-order valence-electron chi connectivity index (χ3n) is 3.38. The van der Waals surface area contributed by atoms with Crippen LogP contribution >= 0.6 is 0 Å². The van der Waals surface area contributed by atoms with Crippen molar-refractivity contribution in [1.82, 2.24) is 0 Å². The van der Waals surface area contributed by atoms with Gasteiger partial charge in [-0.3, -0.25) is 0 Å². The van der Waals surface area contributed by atoms with Crippen LogP contribution in [0.2, 0.25) is 0 Å². The normalized spacial score (nSPS) is 34.1. The highest BCUT2D eigenvalue weighted by atomic mass is 16.7. The summed E-state index contributed by atoms with van der Waals surface area (Å²) in [6.45, 7) is 1.71. The third-order valence-corrected chi connectivity index (χ3v) is 3.38. The van der Waals surface area contributed by atoms with Crippen LogP contribution in [0.5, 0.6) is 0 Å². The van der Waals surface area contributed by atoms with E-state index in [2.05, 4.69) is 0 Å². The van der Waals surface area contributed by atoms with Crippen molar-refractivity contribution in [2.45, 2.75) is 44.2 Å². The molecule has 0 aliphatic carbocycles. The standard InChI is InChI=1S/C14H20O6/c1-8-2-4-9(5-3-8)7-19-14-13(18)12(17)11(16)10(6-15)20-14/h2-5,10-18H,6-7H2,1H3/t10-,11-,12+,13-,14-/m1/s1. The maximum atomic E-state index is 9.80. The number of rotatable bonds is 4. The Balaban J connectivity index is 1.95. The predicted octanol–water partition coefficient (Wildman–Crippen LogP) is -0.688. The molecular formula is C14H20O6. The number of aryl methyl sites for hydroxylation is 1. The van der Waals surface area contributed by atoms with Gasteiger partial charge in [0.15, 0.2) is 6.29 Å². The van der Waals surface area contributed by atoms with Crippen molar-refractivity contribution >= 4 is 0 Å². The SMILES string of the molecule is Cc1ccc(CO[C@@H]2O[C@H](CO)[C@@H](O)[C@H](O)[C@H]2O)cc1. The molecule has 1 aromatic carbocycles. The molecule has 20 heavy (non-hydrogen) atoms. The molecule has 0 bridgehead atoms. The Morgan fingerprint density at radius 2 is 1.70 bits per heavy atom. The van der Waals surface area contributed by atoms with Gasteiger partial charge in [0, 0.05) is 0 Å². The van der Waals surface area contributed by atoms with Crippen LogP contribution in [0, 0.1) is 6.92 Å². The smallest absolute Gasteiger partial charge is 0.187 e. The molecule has 0 radical (unpaired) electrons. The van der Waals surface area contributed by atoms with Gasteiger partial charge in [0.25, 0.3) is 0 Å². The Labute approximate surface area is 117 Å². The minimum Gasteiger partial charge on any atom is -0.394 e. The number of ether oxygens (including phenoxy) is 2. The molecule has 112 valence electrons. The summed E-state index contributed by atoms with van der Waals surface area (Å²) in [5.74, 6) is 0. The van der Waals surface area contributed by atoms with Crippen LogP contribution in [-0.4, -0.2) is 57.7 Å². The fourth-order valence-corrected chi connectivity index (χ4v) is 2.07. The lowest BCUT2D eigenvalue weighted by Crippen LogP contribution is -2.59. The van der Waals surface area contributed by atoms with Gasteiger partial charge in [0.05, 0.1) is 13.2 Å². The van der Waals surface area contributed by atoms with Crippen molar-refractivity contribution in [2.75, 3.05) is 6.61 Å². The van der Waals surface area contributed by atoms with Crippen LogP contribution in [0.25, 0.3) is 0 Å². The van der Waals surface area contributed by atoms with E-state index in [0.717, 1.165) is 11.1 Å². The average molecular weight is 284 g/mol. The van der Waals surface area contributed by atoms with Crippen LogP contribution in [0.4, 0.5) is 0 Å². The first-order chi connectivity index (χ1) is 9.52. The van der Waals surface area contributed by atoms with Gasteiger partial charge in [0.2, 0.25) is 0 Å². The lowest BCUT2D eigenvalue weighted by atomic mass is 9.99. The molecule has 5 atom stereocenters. The molecule has 1 saturated heterocycles. The molecule has 1 aromatic rings. The van der Waals surface area contributed by atoms with E-state index in [1.165, 1.54) is 0 Å². The van der Waals surface area contributed by atoms with E-state index in [9.17, 15) is 15.3 Å². The number of aliphatic hydroxyl groups excluding tert-OH is 4. The molecule has 1 aliphatic rings. The maximum Gasteiger partial charge on any atom is 0.187 e. The molecule has 0 spiro atoms. The molecule has 1 fully saturated rings. The molecule has 1 heterocycles. The van der Waals surface area contributed by atoms with Gasteiger partial charge >= 0.3 is 0 Å². The molecule has 0 amide bonds. The largest absolute Gasteiger partial charge is 0.394 e. The molecule has 0 aromatic heterocycles. The van der Waals surface area contributed by atoms with Crippen LogP contribution < -0.4 is 0 Å². The van der Waals surface area contributed by atoms with E-state index in [1.807, 2.05) is 31.2 Å². The minimum absolute atomic E-state index is 0.197. The van der Waals surface area contributed by atoms with E-state index in [4.69, 9.17) is 14.6 Å². The minimum atomic E-state index is -1.41. The van der Waals surface area contributed by atoms with Crippen LogP contribution in [0.1, 0.15) is 11.1 Å². The molecule has 4 N–H and O–H groups in total. The Bertz CT molecular complexity index is 418. The molecule has 0 saturated carbocycles. The van der Waals surface area contributed by atoms with Gasteiger partial charge in [-0.2, -0.15) is 0 Å². The van der Waals surface area contributed by atoms with E-state index in [1.54, 1.807) is 0 Å². The molecule has 2 rings (SSSR count). The van der Waals surface area contributed by atoms with Gasteiger partial charge in [0.1, 0.15) is 24.4 Å². The van der Waals surface area contributed by atoms with Crippen LogP contribution in [0.15, 0.2) is 24.3 Å². The number of hydrogen-bond acceptors (Lipinski definition) is 6. The third kappa shape index (κ3) is 3.35. The quantitative estimate of drug-likeness (QED) is 0.584. The Morgan fingerprint density at radius 3 is 2.30 bits per heavy atom. The van der Waals surface area contributed by atoms with Crippen molar-refractivity contribution < 1.29 is 29.9 Å². The van der Waals surface area contributed by atoms with E-state index < -0.39 is 37.3 Å². The van der Waals surface area contributed by atoms with Crippen molar-refractivity contribution in [2.24, 2.45) is 0 Å². The summed E-state index contributed by atoms with van der Waals surface area (Å²) in [6, 6.07) is 7.65. The lowest BCUT2D eigenvalue weighted by molar-refractivity contribution is -0.304. The summed E-state index contributed by atoms with van der Waals surface area (Å²) in [5.41, 5.74) is 2.02. The summed E-state index contributed by atoms with van der Waals surface area (Å²) in [4.78, 5) is 0. The first-order valence-corrected chi connectivity index (χ1v) is 6.50. The van der Waals surface area contributed by atoms with Gasteiger partial charge in [-0.25, -0.2) is 0 Å². The summed E-state index contributed by atoms with van der Waals surface area (Å²) >= 11 is 0. The Hall–Kier alpha value is -1.02. The second kappa shape index (κ2) is 6.62. The molecule has 6 nitrogen and oxygen atoms in total. The van der Waals surface area contributed by atoms with Crippen LogP contribution in [-0.2, 0) is 16.1 Å². The molecule has 6 heteroatoms. The number of benzene rings is 1. The number of aliphatic hydroxyl groups is 4. The van der Waals surface area contributed by atoms with Crippen molar-refractivity contribution in [3.63, 3.8) is 0 Å². The number of hydrogen-bond donors (Lipinski definition) is 4. The zero-order valence-corrected chi connectivity index (χ0v) is 11.2. The molecule has 1 aliphatic heterocycles. The predicted molar refractivity (Wildman–Crippen MR) is 69.7 cm³/mol. The van der Waals surface area contributed by atoms with Crippen molar-refractivity contribution in [3.8, 4) is 0 Å². The first-order valence-electron chi connectivity index (χ1n) is 6.50. The van der Waals surface area contributed by atoms with E-state index in [-0.39, 0.29) is 6.61 Å². The zero-order valence-electron chi connectivity index (χ0n) is 11.2. The summed E-state index contributed by atoms with van der Waals surface area (Å²) in [7, 11) is 0. The van der Waals surface area contributed by atoms with Crippen molar-refractivity contribution in [3.05, 3.63) is 35.4 Å². The molecule has 0 unspecified atom stereocenters. The van der Waals surface area contributed by atoms with Gasteiger partial charge in [-0.1, -0.05) is 29.8 Å². The second-order valence-corrected chi connectivity index (χ2v) is 4.99. The maximum absolute atomic E-state index is 9.80. The Kier molecular flexibility index (Phi) is 5.09. The second-order valence-electron chi connectivity index (χ2n) is 4.99. The average Bonchev–Trinajstić information content (AvgIpc) is 2.46. The van der Waals surface area contributed by atoms with Gasteiger partial charge in [-0.15, -0.1) is 0 Å². The van der Waals surface area contributed by atoms with Gasteiger partial charge in [-0.05, 0) is 12.5 Å². The summed E-state index contributed by atoms with van der Waals surface area (Å²) < 4.78 is 10.7.